The molecule has 0 spiro atoms. The summed E-state index contributed by atoms with van der Waals surface area (Å²) in [6.07, 6.45) is 7.91. The number of nitrogens with zero attached hydrogens (tertiary/aromatic N) is 2. The lowest BCUT2D eigenvalue weighted by molar-refractivity contribution is 0.282. The molecule has 0 aromatic carbocycles. The van der Waals surface area contributed by atoms with Crippen molar-refractivity contribution in [3.05, 3.63) is 0 Å². The molecule has 0 unspecified atom stereocenters. The van der Waals surface area contributed by atoms with Gasteiger partial charge in [0.1, 0.15) is 0 Å². The summed E-state index contributed by atoms with van der Waals surface area (Å²) in [6.45, 7) is 10.9. The van der Waals surface area contributed by atoms with Crippen LogP contribution >= 0.6 is 24.0 Å². The van der Waals surface area contributed by atoms with Crippen LogP contribution in [0.2, 0.25) is 0 Å². The van der Waals surface area contributed by atoms with Crippen molar-refractivity contribution < 1.29 is 0 Å². The van der Waals surface area contributed by atoms with Crippen molar-refractivity contribution in [1.82, 2.24) is 15.5 Å². The summed E-state index contributed by atoms with van der Waals surface area (Å²) in [6, 6.07) is 0. The first-order valence-corrected chi connectivity index (χ1v) is 8.11. The Bertz CT molecular complexity index is 238. The molecule has 0 bridgehead atoms. The van der Waals surface area contributed by atoms with E-state index in [1.165, 1.54) is 51.7 Å². The van der Waals surface area contributed by atoms with Gasteiger partial charge in [0.15, 0.2) is 5.96 Å². The van der Waals surface area contributed by atoms with Crippen LogP contribution in [0.25, 0.3) is 0 Å². The van der Waals surface area contributed by atoms with Crippen molar-refractivity contribution in [3.8, 4) is 0 Å². The van der Waals surface area contributed by atoms with E-state index in [1.54, 1.807) is 0 Å². The topological polar surface area (TPSA) is 39.7 Å². The molecule has 0 saturated carbocycles. The third-order valence-electron chi connectivity index (χ3n) is 3.48. The van der Waals surface area contributed by atoms with Crippen molar-refractivity contribution >= 4 is 29.9 Å². The molecule has 1 rings (SSSR count). The number of aliphatic imine (C=N–C) groups is 1. The lowest BCUT2D eigenvalue weighted by Gasteiger charge is -2.20. The van der Waals surface area contributed by atoms with Crippen LogP contribution in [0.15, 0.2) is 4.99 Å². The zero-order valence-corrected chi connectivity index (χ0v) is 15.6. The first kappa shape index (κ1) is 20.0. The van der Waals surface area contributed by atoms with Gasteiger partial charge in [-0.1, -0.05) is 19.8 Å². The molecule has 2 N–H and O–H groups in total. The number of hydrogen-bond acceptors (Lipinski definition) is 2. The fourth-order valence-electron chi connectivity index (χ4n) is 2.43. The van der Waals surface area contributed by atoms with Crippen LogP contribution in [-0.2, 0) is 0 Å². The fourth-order valence-corrected chi connectivity index (χ4v) is 2.43. The SMILES string of the molecule is CCCN=C(NCC)NCCCN1CCCCCC1.I. The molecule has 120 valence electrons. The molecular weight excluding hydrogens is 363 g/mol. The van der Waals surface area contributed by atoms with E-state index in [-0.39, 0.29) is 24.0 Å². The smallest absolute Gasteiger partial charge is 0.191 e. The van der Waals surface area contributed by atoms with Crippen LogP contribution in [0.4, 0.5) is 0 Å². The number of halogens is 1. The highest BCUT2D eigenvalue weighted by Gasteiger charge is 2.07. The van der Waals surface area contributed by atoms with Gasteiger partial charge in [0.25, 0.3) is 0 Å². The van der Waals surface area contributed by atoms with Crippen LogP contribution in [0.5, 0.6) is 0 Å². The number of rotatable bonds is 7. The number of nitrogens with one attached hydrogen (secondary N) is 2. The number of hydrogen-bond donors (Lipinski definition) is 2. The zero-order valence-electron chi connectivity index (χ0n) is 13.3. The third-order valence-corrected chi connectivity index (χ3v) is 3.48. The Balaban J connectivity index is 0.00000361. The zero-order chi connectivity index (χ0) is 13.8. The van der Waals surface area contributed by atoms with Gasteiger partial charge in [-0.3, -0.25) is 4.99 Å². The lowest BCUT2D eigenvalue weighted by Crippen LogP contribution is -2.39. The molecule has 0 aromatic heterocycles. The second-order valence-corrected chi connectivity index (χ2v) is 5.30. The monoisotopic (exact) mass is 396 g/mol. The predicted octanol–water partition coefficient (Wildman–Crippen LogP) is 2.84. The molecule has 0 amide bonds. The van der Waals surface area contributed by atoms with Crippen LogP contribution in [0, 0.1) is 0 Å². The highest BCUT2D eigenvalue weighted by molar-refractivity contribution is 14.0. The average Bonchev–Trinajstić information content (AvgIpc) is 2.69. The summed E-state index contributed by atoms with van der Waals surface area (Å²) in [5, 5.41) is 6.71. The van der Waals surface area contributed by atoms with E-state index in [0.29, 0.717) is 0 Å². The van der Waals surface area contributed by atoms with Crippen molar-refractivity contribution in [2.45, 2.75) is 52.4 Å². The molecule has 1 fully saturated rings. The molecule has 0 aromatic rings. The summed E-state index contributed by atoms with van der Waals surface area (Å²) in [7, 11) is 0. The van der Waals surface area contributed by atoms with E-state index in [0.717, 1.165) is 32.0 Å². The minimum absolute atomic E-state index is 0. The predicted molar refractivity (Wildman–Crippen MR) is 99.2 cm³/mol. The molecule has 1 aliphatic heterocycles. The minimum Gasteiger partial charge on any atom is -0.357 e. The van der Waals surface area contributed by atoms with E-state index in [2.05, 4.69) is 34.4 Å². The van der Waals surface area contributed by atoms with E-state index in [1.807, 2.05) is 0 Å². The minimum atomic E-state index is 0. The maximum Gasteiger partial charge on any atom is 0.191 e. The summed E-state index contributed by atoms with van der Waals surface area (Å²) < 4.78 is 0. The van der Waals surface area contributed by atoms with E-state index < -0.39 is 0 Å². The van der Waals surface area contributed by atoms with Gasteiger partial charge in [0, 0.05) is 19.6 Å². The highest BCUT2D eigenvalue weighted by atomic mass is 127. The summed E-state index contributed by atoms with van der Waals surface area (Å²) in [4.78, 5) is 7.13. The fraction of sp³-hybridized carbons (Fsp3) is 0.933. The molecule has 0 radical (unpaired) electrons. The summed E-state index contributed by atoms with van der Waals surface area (Å²) in [5.41, 5.74) is 0. The number of likely N-dealkylation sites (tertiary alicyclic amines) is 1. The molecule has 0 atom stereocenters. The van der Waals surface area contributed by atoms with Gasteiger partial charge in [-0.15, -0.1) is 24.0 Å². The molecule has 1 heterocycles. The standard InChI is InChI=1S/C15H32N4.HI/c1-3-10-17-15(16-4-2)18-11-9-14-19-12-7-5-6-8-13-19;/h3-14H2,1-2H3,(H2,16,17,18);1H. The first-order chi connectivity index (χ1) is 9.36. The summed E-state index contributed by atoms with van der Waals surface area (Å²) in [5.74, 6) is 0.972. The van der Waals surface area contributed by atoms with Crippen molar-refractivity contribution in [1.29, 1.82) is 0 Å². The normalized spacial score (nSPS) is 17.2. The van der Waals surface area contributed by atoms with Gasteiger partial charge in [-0.25, -0.2) is 0 Å². The van der Waals surface area contributed by atoms with Gasteiger partial charge in [-0.05, 0) is 52.2 Å². The van der Waals surface area contributed by atoms with Gasteiger partial charge in [-0.2, -0.15) is 0 Å². The Hall–Kier alpha value is -0.0400. The van der Waals surface area contributed by atoms with E-state index >= 15 is 0 Å². The Kier molecular flexibility index (Phi) is 13.9. The second-order valence-electron chi connectivity index (χ2n) is 5.30. The van der Waals surface area contributed by atoms with Gasteiger partial charge in [0.05, 0.1) is 0 Å². The van der Waals surface area contributed by atoms with Crippen LogP contribution in [0.1, 0.15) is 52.4 Å². The maximum absolute atomic E-state index is 4.51. The van der Waals surface area contributed by atoms with Gasteiger partial charge in [0.2, 0.25) is 0 Å². The van der Waals surface area contributed by atoms with E-state index in [9.17, 15) is 0 Å². The van der Waals surface area contributed by atoms with Crippen LogP contribution in [0.3, 0.4) is 0 Å². The lowest BCUT2D eigenvalue weighted by atomic mass is 10.2. The first-order valence-electron chi connectivity index (χ1n) is 8.11. The quantitative estimate of drug-likeness (QED) is 0.301. The molecule has 1 saturated heterocycles. The maximum atomic E-state index is 4.51. The third kappa shape index (κ3) is 9.80. The van der Waals surface area contributed by atoms with Crippen LogP contribution < -0.4 is 10.6 Å². The average molecular weight is 396 g/mol. The van der Waals surface area contributed by atoms with Crippen molar-refractivity contribution in [3.63, 3.8) is 0 Å². The Morgan fingerprint density at radius 1 is 1.05 bits per heavy atom. The van der Waals surface area contributed by atoms with Crippen molar-refractivity contribution in [2.75, 3.05) is 39.3 Å². The molecule has 20 heavy (non-hydrogen) atoms. The largest absolute Gasteiger partial charge is 0.357 e. The second kappa shape index (κ2) is 13.9. The molecular formula is C15H33IN4. The Morgan fingerprint density at radius 2 is 1.75 bits per heavy atom. The van der Waals surface area contributed by atoms with Crippen LogP contribution in [-0.4, -0.2) is 50.1 Å². The molecule has 0 aliphatic carbocycles. The Labute approximate surface area is 142 Å². The van der Waals surface area contributed by atoms with Crippen molar-refractivity contribution in [2.24, 2.45) is 4.99 Å². The van der Waals surface area contributed by atoms with Gasteiger partial charge < -0.3 is 15.5 Å². The number of guanidine groups is 1. The Morgan fingerprint density at radius 3 is 2.35 bits per heavy atom. The van der Waals surface area contributed by atoms with Gasteiger partial charge >= 0.3 is 0 Å². The molecule has 1 aliphatic rings. The molecule has 4 nitrogen and oxygen atoms in total. The summed E-state index contributed by atoms with van der Waals surface area (Å²) >= 11 is 0. The van der Waals surface area contributed by atoms with E-state index in [4.69, 9.17) is 0 Å². The highest BCUT2D eigenvalue weighted by Crippen LogP contribution is 2.09. The molecule has 5 heteroatoms.